The molecule has 1 saturated heterocycles. The van der Waals surface area contributed by atoms with Crippen LogP contribution < -0.4 is 11.1 Å². The first kappa shape index (κ1) is 11.5. The molecule has 1 rings (SSSR count). The number of carboxylic acids is 1. The number of imide groups is 1. The van der Waals surface area contributed by atoms with E-state index in [1.54, 1.807) is 0 Å². The van der Waals surface area contributed by atoms with Crippen LogP contribution >= 0.6 is 0 Å². The van der Waals surface area contributed by atoms with Crippen LogP contribution in [0.25, 0.3) is 0 Å². The number of rotatable bonds is 1. The van der Waals surface area contributed by atoms with Gasteiger partial charge in [0.25, 0.3) is 5.91 Å². The number of hydrogen-bond acceptors (Lipinski definition) is 5. The van der Waals surface area contributed by atoms with Crippen LogP contribution in [0.4, 0.5) is 0 Å². The zero-order valence-electron chi connectivity index (χ0n) is 6.69. The van der Waals surface area contributed by atoms with Gasteiger partial charge in [-0.15, -0.1) is 0 Å². The first-order chi connectivity index (χ1) is 5.97. The Labute approximate surface area is 73.5 Å². The summed E-state index contributed by atoms with van der Waals surface area (Å²) in [5.41, 5.74) is 4.57. The van der Waals surface area contributed by atoms with Crippen molar-refractivity contribution in [1.82, 2.24) is 5.32 Å². The summed E-state index contributed by atoms with van der Waals surface area (Å²) in [6.07, 6.45) is -1.19. The van der Waals surface area contributed by atoms with Gasteiger partial charge in [0, 0.05) is 0 Å². The van der Waals surface area contributed by atoms with E-state index < -0.39 is 23.9 Å². The van der Waals surface area contributed by atoms with Crippen molar-refractivity contribution >= 4 is 17.8 Å². The fraction of sp³-hybridized carbons (Fsp3) is 0.500. The van der Waals surface area contributed by atoms with E-state index in [0.29, 0.717) is 0 Å². The van der Waals surface area contributed by atoms with Crippen LogP contribution in [0.1, 0.15) is 6.42 Å². The van der Waals surface area contributed by atoms with Crippen LogP contribution in [0, 0.1) is 0 Å². The van der Waals surface area contributed by atoms with Crippen LogP contribution in [0.5, 0.6) is 0 Å². The highest BCUT2D eigenvalue weighted by Crippen LogP contribution is 1.98. The van der Waals surface area contributed by atoms with E-state index in [0.717, 1.165) is 0 Å². The third-order valence-electron chi connectivity index (χ3n) is 1.12. The van der Waals surface area contributed by atoms with Crippen molar-refractivity contribution in [2.24, 2.45) is 5.73 Å². The summed E-state index contributed by atoms with van der Waals surface area (Å²) in [6.45, 7) is -0.278. The Kier molecular flexibility index (Phi) is 4.63. The van der Waals surface area contributed by atoms with Gasteiger partial charge in [0.2, 0.25) is 5.91 Å². The first-order valence-electron chi connectivity index (χ1n) is 3.41. The zero-order chi connectivity index (χ0) is 10.4. The Hall–Kier alpha value is -1.47. The van der Waals surface area contributed by atoms with Crippen LogP contribution in [0.2, 0.25) is 0 Å². The molecule has 0 spiro atoms. The van der Waals surface area contributed by atoms with Crippen LogP contribution in [-0.2, 0) is 14.4 Å². The van der Waals surface area contributed by atoms with Crippen LogP contribution in [-0.4, -0.2) is 40.6 Å². The summed E-state index contributed by atoms with van der Waals surface area (Å²) in [6, 6.07) is 0. The van der Waals surface area contributed by atoms with E-state index in [1.807, 2.05) is 5.32 Å². The maximum atomic E-state index is 10.2. The zero-order valence-corrected chi connectivity index (χ0v) is 6.69. The topological polar surface area (TPSA) is 130 Å². The van der Waals surface area contributed by atoms with Gasteiger partial charge in [0.1, 0.15) is 6.10 Å². The number of carbonyl (C=O) groups is 3. The minimum Gasteiger partial charge on any atom is -0.480 e. The molecule has 74 valence electrons. The standard InChI is InChI=1S/C4H5NO3.C2H5NO2/c6-2-1-3(7)5-4(2)8;3-1-2(4)5/h2,6H,1H2,(H,5,7,8);1,3H2,(H,4,5). The normalized spacial score (nSPS) is 20.3. The molecule has 2 amide bonds. The molecular weight excluding hydrogens is 180 g/mol. The Balaban J connectivity index is 0.000000252. The summed E-state index contributed by atoms with van der Waals surface area (Å²) in [4.78, 5) is 29.6. The number of nitrogens with one attached hydrogen (secondary N) is 1. The SMILES string of the molecule is NCC(=O)O.O=C1CC(O)C(=O)N1. The second-order valence-electron chi connectivity index (χ2n) is 2.23. The smallest absolute Gasteiger partial charge is 0.317 e. The summed E-state index contributed by atoms with van der Waals surface area (Å²) in [5, 5.41) is 18.1. The molecule has 0 aromatic heterocycles. The molecule has 5 N–H and O–H groups in total. The minimum absolute atomic E-state index is 0.0845. The molecule has 1 unspecified atom stereocenters. The third kappa shape index (κ3) is 4.88. The molecule has 0 aliphatic carbocycles. The highest BCUT2D eigenvalue weighted by atomic mass is 16.4. The van der Waals surface area contributed by atoms with Crippen LogP contribution in [0.3, 0.4) is 0 Å². The molecule has 0 bridgehead atoms. The lowest BCUT2D eigenvalue weighted by molar-refractivity contribution is -0.135. The quantitative estimate of drug-likeness (QED) is 0.336. The molecule has 7 heteroatoms. The average Bonchev–Trinajstić information content (AvgIpc) is 2.31. The Morgan fingerprint density at radius 3 is 2.15 bits per heavy atom. The van der Waals surface area contributed by atoms with E-state index in [-0.39, 0.29) is 13.0 Å². The molecule has 1 aliphatic heterocycles. The van der Waals surface area contributed by atoms with Gasteiger partial charge in [-0.3, -0.25) is 19.7 Å². The molecule has 1 heterocycles. The summed E-state index contributed by atoms with van der Waals surface area (Å²) >= 11 is 0. The molecule has 7 nitrogen and oxygen atoms in total. The molecule has 0 radical (unpaired) electrons. The van der Waals surface area contributed by atoms with E-state index in [2.05, 4.69) is 5.73 Å². The highest BCUT2D eigenvalue weighted by Gasteiger charge is 2.27. The maximum Gasteiger partial charge on any atom is 0.317 e. The minimum atomic E-state index is -1.11. The number of carboxylic acid groups (broad SMARTS) is 1. The van der Waals surface area contributed by atoms with E-state index >= 15 is 0 Å². The fourth-order valence-electron chi connectivity index (χ4n) is 0.540. The van der Waals surface area contributed by atoms with Crippen molar-refractivity contribution in [2.45, 2.75) is 12.5 Å². The Bertz CT molecular complexity index is 227. The molecule has 1 aliphatic rings. The van der Waals surface area contributed by atoms with E-state index in [4.69, 9.17) is 10.2 Å². The number of carbonyl (C=O) groups excluding carboxylic acids is 2. The lowest BCUT2D eigenvalue weighted by atomic mass is 10.3. The van der Waals surface area contributed by atoms with Gasteiger partial charge in [-0.2, -0.15) is 0 Å². The predicted octanol–water partition coefficient (Wildman–Crippen LogP) is -2.58. The second-order valence-corrected chi connectivity index (χ2v) is 2.23. The molecule has 0 aromatic carbocycles. The van der Waals surface area contributed by atoms with Gasteiger partial charge in [-0.25, -0.2) is 0 Å². The molecule has 0 aromatic rings. The van der Waals surface area contributed by atoms with Gasteiger partial charge >= 0.3 is 5.97 Å². The summed E-state index contributed by atoms with van der Waals surface area (Å²) in [5.74, 6) is -1.96. The van der Waals surface area contributed by atoms with Crippen molar-refractivity contribution < 1.29 is 24.6 Å². The maximum absolute atomic E-state index is 10.2. The van der Waals surface area contributed by atoms with Gasteiger partial charge in [-0.1, -0.05) is 0 Å². The van der Waals surface area contributed by atoms with Crippen LogP contribution in [0.15, 0.2) is 0 Å². The van der Waals surface area contributed by atoms with Crippen molar-refractivity contribution in [3.8, 4) is 0 Å². The predicted molar refractivity (Wildman–Crippen MR) is 40.5 cm³/mol. The number of nitrogens with two attached hydrogens (primary N) is 1. The molecule has 1 fully saturated rings. The molecule has 13 heavy (non-hydrogen) atoms. The molecule has 0 saturated carbocycles. The van der Waals surface area contributed by atoms with Crippen molar-refractivity contribution in [3.05, 3.63) is 0 Å². The van der Waals surface area contributed by atoms with Gasteiger partial charge in [0.05, 0.1) is 13.0 Å². The Morgan fingerprint density at radius 1 is 1.62 bits per heavy atom. The largest absolute Gasteiger partial charge is 0.480 e. The van der Waals surface area contributed by atoms with E-state index in [9.17, 15) is 14.4 Å². The van der Waals surface area contributed by atoms with Crippen molar-refractivity contribution in [2.75, 3.05) is 6.54 Å². The Morgan fingerprint density at radius 2 is 2.08 bits per heavy atom. The summed E-state index contributed by atoms with van der Waals surface area (Å²) < 4.78 is 0. The number of amides is 2. The van der Waals surface area contributed by atoms with Crippen molar-refractivity contribution in [3.63, 3.8) is 0 Å². The summed E-state index contributed by atoms with van der Waals surface area (Å²) in [7, 11) is 0. The van der Waals surface area contributed by atoms with Gasteiger partial charge in [0.15, 0.2) is 0 Å². The number of hydrogen-bond donors (Lipinski definition) is 4. The first-order valence-corrected chi connectivity index (χ1v) is 3.41. The molecule has 1 atom stereocenters. The molecular formula is C6H10N2O5. The van der Waals surface area contributed by atoms with Gasteiger partial charge in [-0.05, 0) is 0 Å². The third-order valence-corrected chi connectivity index (χ3v) is 1.12. The second kappa shape index (κ2) is 5.22. The highest BCUT2D eigenvalue weighted by molar-refractivity contribution is 6.04. The lowest BCUT2D eigenvalue weighted by Crippen LogP contribution is -2.24. The van der Waals surface area contributed by atoms with Crippen molar-refractivity contribution in [1.29, 1.82) is 0 Å². The van der Waals surface area contributed by atoms with Gasteiger partial charge < -0.3 is 15.9 Å². The van der Waals surface area contributed by atoms with E-state index in [1.165, 1.54) is 0 Å². The lowest BCUT2D eigenvalue weighted by Gasteiger charge is -1.88. The number of aliphatic hydroxyl groups excluding tert-OH is 1. The number of aliphatic hydroxyl groups is 1. The fourth-order valence-corrected chi connectivity index (χ4v) is 0.540. The number of aliphatic carboxylic acids is 1. The monoisotopic (exact) mass is 190 g/mol. The average molecular weight is 190 g/mol.